The van der Waals surface area contributed by atoms with E-state index in [1.807, 2.05) is 24.3 Å². The number of nitrogens with one attached hydrogen (secondary N) is 1. The van der Waals surface area contributed by atoms with Crippen LogP contribution in [0.4, 0.5) is 5.69 Å². The molecule has 0 saturated heterocycles. The predicted octanol–water partition coefficient (Wildman–Crippen LogP) is 2.60. The van der Waals surface area contributed by atoms with Gasteiger partial charge >= 0.3 is 5.69 Å². The van der Waals surface area contributed by atoms with E-state index in [0.29, 0.717) is 0 Å². The predicted molar refractivity (Wildman–Crippen MR) is 102 cm³/mol. The number of benzene rings is 2. The van der Waals surface area contributed by atoms with Gasteiger partial charge in [-0.2, -0.15) is 10.4 Å². The van der Waals surface area contributed by atoms with Crippen molar-refractivity contribution in [3.05, 3.63) is 70.4 Å². The Kier molecular flexibility index (Phi) is 5.62. The van der Waals surface area contributed by atoms with Crippen LogP contribution in [0.25, 0.3) is 10.9 Å². The highest BCUT2D eigenvalue weighted by molar-refractivity contribution is 5.99. The smallest absolute Gasteiger partial charge is 0.310 e. The van der Waals surface area contributed by atoms with E-state index >= 15 is 0 Å². The molecule has 3 aromatic rings. The third-order valence-electron chi connectivity index (χ3n) is 3.87. The number of aromatic nitrogens is 1. The summed E-state index contributed by atoms with van der Waals surface area (Å²) in [4.78, 5) is 22.2. The number of amides is 1. The first-order chi connectivity index (χ1) is 13.6. The molecule has 2 aromatic carbocycles. The Morgan fingerprint density at radius 3 is 2.82 bits per heavy atom. The summed E-state index contributed by atoms with van der Waals surface area (Å²) in [7, 11) is 0. The first kappa shape index (κ1) is 18.6. The molecule has 0 spiro atoms. The molecule has 3 rings (SSSR count). The molecule has 1 heterocycles. The number of nitro groups is 1. The summed E-state index contributed by atoms with van der Waals surface area (Å²) in [5.41, 5.74) is 3.73. The van der Waals surface area contributed by atoms with Crippen molar-refractivity contribution in [2.24, 2.45) is 5.10 Å². The standard InChI is InChI=1S/C19H15N5O4/c20-9-10-23-12-14(15-5-1-2-6-16(15)23)11-21-22-19(25)13-28-18-8-4-3-7-17(18)24(26)27/h1-8,11-12H,10,13H2,(H,22,25)/b21-11+. The van der Waals surface area contributed by atoms with E-state index in [-0.39, 0.29) is 18.0 Å². The van der Waals surface area contributed by atoms with Crippen molar-refractivity contribution < 1.29 is 14.5 Å². The maximum absolute atomic E-state index is 11.9. The third-order valence-corrected chi connectivity index (χ3v) is 3.87. The van der Waals surface area contributed by atoms with Crippen molar-refractivity contribution in [2.45, 2.75) is 6.54 Å². The highest BCUT2D eigenvalue weighted by Crippen LogP contribution is 2.25. The molecule has 0 radical (unpaired) electrons. The SMILES string of the molecule is N#CCn1cc(/C=N/NC(=O)COc2ccccc2[N+](=O)[O-])c2ccccc21. The van der Waals surface area contributed by atoms with Crippen LogP contribution in [0, 0.1) is 21.4 Å². The maximum Gasteiger partial charge on any atom is 0.310 e. The normalized spacial score (nSPS) is 10.7. The van der Waals surface area contributed by atoms with Crippen LogP contribution in [0.3, 0.4) is 0 Å². The zero-order valence-electron chi connectivity index (χ0n) is 14.6. The molecule has 0 aliphatic carbocycles. The molecule has 0 fully saturated rings. The van der Waals surface area contributed by atoms with E-state index in [4.69, 9.17) is 10.00 Å². The molecule has 1 amide bonds. The van der Waals surface area contributed by atoms with Crippen molar-refractivity contribution >= 4 is 28.7 Å². The van der Waals surface area contributed by atoms with Crippen LogP contribution in [-0.2, 0) is 11.3 Å². The molecule has 9 nitrogen and oxygen atoms in total. The van der Waals surface area contributed by atoms with Crippen LogP contribution in [-0.4, -0.2) is 28.2 Å². The minimum atomic E-state index is -0.581. The monoisotopic (exact) mass is 377 g/mol. The number of fused-ring (bicyclic) bond motifs is 1. The zero-order valence-corrected chi connectivity index (χ0v) is 14.6. The number of hydrogen-bond acceptors (Lipinski definition) is 6. The van der Waals surface area contributed by atoms with Crippen LogP contribution in [0.15, 0.2) is 59.8 Å². The molecule has 140 valence electrons. The van der Waals surface area contributed by atoms with Crippen molar-refractivity contribution in [3.8, 4) is 11.8 Å². The van der Waals surface area contributed by atoms with Crippen molar-refractivity contribution in [1.82, 2.24) is 9.99 Å². The number of hydrazone groups is 1. The van der Waals surface area contributed by atoms with Gasteiger partial charge in [0.25, 0.3) is 5.91 Å². The third kappa shape index (κ3) is 4.13. The largest absolute Gasteiger partial charge is 0.477 e. The Hall–Kier alpha value is -4.19. The fourth-order valence-electron chi connectivity index (χ4n) is 2.66. The molecule has 0 unspecified atom stereocenters. The highest BCUT2D eigenvalue weighted by atomic mass is 16.6. The molecule has 1 N–H and O–H groups in total. The van der Waals surface area contributed by atoms with E-state index in [2.05, 4.69) is 16.6 Å². The molecule has 0 aliphatic heterocycles. The van der Waals surface area contributed by atoms with Gasteiger partial charge < -0.3 is 9.30 Å². The summed E-state index contributed by atoms with van der Waals surface area (Å²) < 4.78 is 6.99. The van der Waals surface area contributed by atoms with Gasteiger partial charge in [-0.1, -0.05) is 30.3 Å². The Morgan fingerprint density at radius 2 is 2.04 bits per heavy atom. The molecule has 0 aliphatic rings. The lowest BCUT2D eigenvalue weighted by Crippen LogP contribution is -2.24. The number of nitro benzene ring substituents is 1. The van der Waals surface area contributed by atoms with Gasteiger partial charge in [-0.25, -0.2) is 5.43 Å². The van der Waals surface area contributed by atoms with Gasteiger partial charge in [0.05, 0.1) is 17.2 Å². The van der Waals surface area contributed by atoms with Gasteiger partial charge in [0.2, 0.25) is 0 Å². The topological polar surface area (TPSA) is 123 Å². The summed E-state index contributed by atoms with van der Waals surface area (Å²) in [6.45, 7) is -0.219. The number of nitriles is 1. The number of para-hydroxylation sites is 3. The fourth-order valence-corrected chi connectivity index (χ4v) is 2.66. The Balaban J connectivity index is 1.64. The number of nitrogens with zero attached hydrogens (tertiary/aromatic N) is 4. The van der Waals surface area contributed by atoms with E-state index < -0.39 is 17.4 Å². The second-order valence-electron chi connectivity index (χ2n) is 5.69. The summed E-state index contributed by atoms with van der Waals surface area (Å²) in [6.07, 6.45) is 3.24. The first-order valence-corrected chi connectivity index (χ1v) is 8.23. The Labute approximate surface area is 159 Å². The van der Waals surface area contributed by atoms with Crippen molar-refractivity contribution in [1.29, 1.82) is 5.26 Å². The molecule has 0 saturated carbocycles. The van der Waals surface area contributed by atoms with Gasteiger partial charge in [-0.05, 0) is 12.1 Å². The molecular formula is C19H15N5O4. The van der Waals surface area contributed by atoms with Gasteiger partial charge in [0.15, 0.2) is 12.4 Å². The number of carbonyl (C=O) groups is 1. The van der Waals surface area contributed by atoms with Crippen LogP contribution in [0.1, 0.15) is 5.56 Å². The molecule has 28 heavy (non-hydrogen) atoms. The summed E-state index contributed by atoms with van der Waals surface area (Å²) in [5.74, 6) is -0.554. The van der Waals surface area contributed by atoms with Crippen molar-refractivity contribution in [3.63, 3.8) is 0 Å². The Morgan fingerprint density at radius 1 is 1.29 bits per heavy atom. The average molecular weight is 377 g/mol. The first-order valence-electron chi connectivity index (χ1n) is 8.23. The Bertz CT molecular complexity index is 1100. The maximum atomic E-state index is 11.9. The van der Waals surface area contributed by atoms with E-state index in [1.165, 1.54) is 24.4 Å². The summed E-state index contributed by atoms with van der Waals surface area (Å²) in [5, 5.41) is 24.7. The van der Waals surface area contributed by atoms with E-state index in [9.17, 15) is 14.9 Å². The fraction of sp³-hybridized carbons (Fsp3) is 0.105. The van der Waals surface area contributed by atoms with Crippen LogP contribution >= 0.6 is 0 Å². The zero-order chi connectivity index (χ0) is 19.9. The molecule has 1 aromatic heterocycles. The summed E-state index contributed by atoms with van der Waals surface area (Å²) in [6, 6.07) is 15.4. The molecule has 9 heteroatoms. The lowest BCUT2D eigenvalue weighted by atomic mass is 10.2. The van der Waals surface area contributed by atoms with Crippen LogP contribution < -0.4 is 10.2 Å². The van der Waals surface area contributed by atoms with Gasteiger partial charge in [-0.15, -0.1) is 0 Å². The van der Waals surface area contributed by atoms with Crippen molar-refractivity contribution in [2.75, 3.05) is 6.61 Å². The average Bonchev–Trinajstić information content (AvgIpc) is 3.05. The van der Waals surface area contributed by atoms with Gasteiger partial charge in [0.1, 0.15) is 6.54 Å². The van der Waals surface area contributed by atoms with Gasteiger partial charge in [0, 0.05) is 28.7 Å². The van der Waals surface area contributed by atoms with Crippen LogP contribution in [0.5, 0.6) is 5.75 Å². The number of ether oxygens (including phenoxy) is 1. The summed E-state index contributed by atoms with van der Waals surface area (Å²) >= 11 is 0. The molecular weight excluding hydrogens is 362 g/mol. The van der Waals surface area contributed by atoms with E-state index in [1.54, 1.807) is 16.8 Å². The minimum absolute atomic E-state index is 0.00574. The highest BCUT2D eigenvalue weighted by Gasteiger charge is 2.14. The quantitative estimate of drug-likeness (QED) is 0.385. The number of hydrogen-bond donors (Lipinski definition) is 1. The van der Waals surface area contributed by atoms with E-state index in [0.717, 1.165) is 16.5 Å². The number of carbonyl (C=O) groups excluding carboxylic acids is 1. The lowest BCUT2D eigenvalue weighted by molar-refractivity contribution is -0.385. The molecule has 0 atom stereocenters. The second-order valence-corrected chi connectivity index (χ2v) is 5.69. The lowest BCUT2D eigenvalue weighted by Gasteiger charge is -2.05. The second kappa shape index (κ2) is 8.46. The molecule has 0 bridgehead atoms. The number of rotatable bonds is 7. The minimum Gasteiger partial charge on any atom is -0.477 e. The van der Waals surface area contributed by atoms with Crippen LogP contribution in [0.2, 0.25) is 0 Å². The van der Waals surface area contributed by atoms with Gasteiger partial charge in [-0.3, -0.25) is 14.9 Å².